The first-order chi connectivity index (χ1) is 27.9. The molecule has 1 aliphatic carbocycles. The molecule has 8 rings (SSSR count). The molecule has 5 heterocycles. The van der Waals surface area contributed by atoms with E-state index in [1.54, 1.807) is 23.7 Å². The van der Waals surface area contributed by atoms with Gasteiger partial charge in [0.25, 0.3) is 17.8 Å². The minimum absolute atomic E-state index is 0.128. The number of benzene rings is 2. The summed E-state index contributed by atoms with van der Waals surface area (Å²) in [6.07, 6.45) is 0.776. The molecule has 306 valence electrons. The number of carbonyl (C=O) groups excluding carboxylic acids is 3. The minimum Gasteiger partial charge on any atom is -0.494 e. The number of halogens is 3. The molecule has 2 atom stereocenters. The van der Waals surface area contributed by atoms with Gasteiger partial charge in [0.05, 0.1) is 36.5 Å². The highest BCUT2D eigenvalue weighted by Gasteiger charge is 2.34. The van der Waals surface area contributed by atoms with Gasteiger partial charge in [-0.05, 0) is 61.9 Å². The predicted molar refractivity (Wildman–Crippen MR) is 204 cm³/mol. The van der Waals surface area contributed by atoms with Gasteiger partial charge in [0.1, 0.15) is 41.1 Å². The van der Waals surface area contributed by atoms with Crippen molar-refractivity contribution in [3.8, 4) is 17.5 Å². The molecule has 0 spiro atoms. The van der Waals surface area contributed by atoms with E-state index in [9.17, 15) is 27.6 Å². The minimum atomic E-state index is -4.67. The van der Waals surface area contributed by atoms with E-state index in [0.717, 1.165) is 68.4 Å². The number of ether oxygens (including phenoxy) is 4. The number of hydrogen-bond acceptors (Lipinski definition) is 11. The first kappa shape index (κ1) is 39.1. The van der Waals surface area contributed by atoms with Crippen LogP contribution in [0.4, 0.5) is 18.9 Å². The highest BCUT2D eigenvalue weighted by Crippen LogP contribution is 2.36. The summed E-state index contributed by atoms with van der Waals surface area (Å²) in [6.45, 7) is 3.48. The largest absolute Gasteiger partial charge is 0.494 e. The normalized spacial score (nSPS) is 21.9. The van der Waals surface area contributed by atoms with Crippen molar-refractivity contribution in [2.45, 2.75) is 63.0 Å². The summed E-state index contributed by atoms with van der Waals surface area (Å²) < 4.78 is 67.1. The molecule has 2 aliphatic heterocycles. The number of para-hydroxylation sites is 1. The van der Waals surface area contributed by atoms with Crippen LogP contribution < -0.4 is 24.8 Å². The summed E-state index contributed by atoms with van der Waals surface area (Å²) in [5, 5.41) is 10.5. The topological polar surface area (TPSA) is 164 Å². The summed E-state index contributed by atoms with van der Waals surface area (Å²) in [5.41, 5.74) is 0.868. The van der Waals surface area contributed by atoms with Crippen molar-refractivity contribution in [3.63, 3.8) is 0 Å². The lowest BCUT2D eigenvalue weighted by atomic mass is 9.85. The van der Waals surface area contributed by atoms with Crippen molar-refractivity contribution in [1.82, 2.24) is 34.5 Å². The molecule has 15 nitrogen and oxygen atoms in total. The van der Waals surface area contributed by atoms with E-state index in [4.69, 9.17) is 24.0 Å². The number of anilines is 1. The van der Waals surface area contributed by atoms with Gasteiger partial charge in [-0.25, -0.2) is 4.98 Å². The second kappa shape index (κ2) is 16.2. The highest BCUT2D eigenvalue weighted by atomic mass is 19.4. The fraction of sp³-hybridized carbons (Fsp3) is 0.450. The Kier molecular flexibility index (Phi) is 11.0. The van der Waals surface area contributed by atoms with Gasteiger partial charge in [0.2, 0.25) is 5.91 Å². The van der Waals surface area contributed by atoms with Crippen molar-refractivity contribution in [2.75, 3.05) is 45.3 Å². The Labute approximate surface area is 330 Å². The van der Waals surface area contributed by atoms with Crippen molar-refractivity contribution < 1.29 is 46.5 Å². The molecule has 2 saturated heterocycles. The molecule has 1 saturated carbocycles. The lowest BCUT2D eigenvalue weighted by molar-refractivity contribution is -0.141. The number of nitrogens with zero attached hydrogens (tertiary/aromatic N) is 6. The SMILES string of the molecule is COc1cc2nn([C@H]3CC[C@H](CN4CCO[C@H](COc5cccc6nc(OC7CCC(=O)NC7=O)n(C)c56)C4)CC3)cc2cc1NC(=O)c1cccc(C(F)(F)F)n1. The van der Waals surface area contributed by atoms with E-state index in [-0.39, 0.29) is 42.6 Å². The maximum atomic E-state index is 13.2. The third-order valence-corrected chi connectivity index (χ3v) is 11.0. The lowest BCUT2D eigenvalue weighted by Crippen LogP contribution is -2.47. The van der Waals surface area contributed by atoms with Gasteiger partial charge in [0.15, 0.2) is 6.10 Å². The summed E-state index contributed by atoms with van der Waals surface area (Å²) in [5.74, 6) is -0.0979. The zero-order chi connectivity index (χ0) is 40.6. The Hall–Kier alpha value is -5.75. The highest BCUT2D eigenvalue weighted by molar-refractivity contribution is 6.05. The summed E-state index contributed by atoms with van der Waals surface area (Å²) in [6, 6.07) is 12.6. The molecule has 3 aromatic heterocycles. The number of imidazole rings is 1. The molecule has 2 aromatic carbocycles. The van der Waals surface area contributed by atoms with Gasteiger partial charge < -0.3 is 24.3 Å². The number of nitrogens with one attached hydrogen (secondary N) is 2. The lowest BCUT2D eigenvalue weighted by Gasteiger charge is -2.37. The summed E-state index contributed by atoms with van der Waals surface area (Å²) in [4.78, 5) is 47.2. The molecule has 1 unspecified atom stereocenters. The van der Waals surface area contributed by atoms with Crippen molar-refractivity contribution in [3.05, 3.63) is 66.1 Å². The van der Waals surface area contributed by atoms with E-state index in [0.29, 0.717) is 47.4 Å². The molecule has 3 amide bonds. The molecule has 3 aliphatic rings. The smallest absolute Gasteiger partial charge is 0.433 e. The average molecular weight is 805 g/mol. The molecular formula is C40H43F3N8O7. The van der Waals surface area contributed by atoms with Crippen LogP contribution in [0.15, 0.2) is 54.7 Å². The number of morpholine rings is 1. The number of fused-ring (bicyclic) bond motifs is 2. The van der Waals surface area contributed by atoms with Crippen LogP contribution in [0.5, 0.6) is 17.5 Å². The number of methoxy groups -OCH3 is 1. The van der Waals surface area contributed by atoms with Crippen molar-refractivity contribution in [2.24, 2.45) is 13.0 Å². The number of amides is 3. The fourth-order valence-electron chi connectivity index (χ4n) is 7.96. The Morgan fingerprint density at radius 2 is 1.83 bits per heavy atom. The third kappa shape index (κ3) is 8.43. The van der Waals surface area contributed by atoms with Crippen LogP contribution in [0, 0.1) is 5.92 Å². The fourth-order valence-corrected chi connectivity index (χ4v) is 7.96. The molecule has 58 heavy (non-hydrogen) atoms. The second-order valence-electron chi connectivity index (χ2n) is 15.0. The van der Waals surface area contributed by atoms with Crippen LogP contribution in [-0.4, -0.2) is 99.1 Å². The maximum Gasteiger partial charge on any atom is 0.433 e. The standard InChI is InChI=1S/C40H43F3N8O7/c1-49-36-27(46-39(49)58-32-13-14-35(52)47-38(32)54)5-3-7-31(36)57-22-26-21-50(15-16-56-26)19-23-9-11-25(12-10-23)51-20-24-17-30(33(55-2)18-29(24)48-51)45-37(53)28-6-4-8-34(44-28)40(41,42)43/h3-8,17-18,20,23,25-26,32H,9-16,19,21-22H2,1-2H3,(H,45,53)(H,47,52,54)/t23-,25-,26-,32?/m0/s1. The van der Waals surface area contributed by atoms with Gasteiger partial charge in [-0.15, -0.1) is 0 Å². The number of alkyl halides is 3. The van der Waals surface area contributed by atoms with Crippen molar-refractivity contribution >= 4 is 45.3 Å². The zero-order valence-electron chi connectivity index (χ0n) is 32.0. The van der Waals surface area contributed by atoms with E-state index in [1.165, 1.54) is 13.2 Å². The Balaban J connectivity index is 0.843. The van der Waals surface area contributed by atoms with Crippen LogP contribution in [0.3, 0.4) is 0 Å². The number of rotatable bonds is 11. The Bertz CT molecular complexity index is 2340. The predicted octanol–water partition coefficient (Wildman–Crippen LogP) is 5.29. The molecule has 18 heteroatoms. The Morgan fingerprint density at radius 3 is 2.60 bits per heavy atom. The van der Waals surface area contributed by atoms with E-state index >= 15 is 0 Å². The van der Waals surface area contributed by atoms with E-state index < -0.39 is 29.8 Å². The average Bonchev–Trinajstić information content (AvgIpc) is 3.77. The number of piperidine rings is 1. The quantitative estimate of drug-likeness (QED) is 0.167. The number of hydrogen-bond donors (Lipinski definition) is 2. The van der Waals surface area contributed by atoms with Gasteiger partial charge in [-0.2, -0.15) is 23.3 Å². The summed E-state index contributed by atoms with van der Waals surface area (Å²) in [7, 11) is 3.25. The van der Waals surface area contributed by atoms with Gasteiger partial charge >= 0.3 is 6.18 Å². The van der Waals surface area contributed by atoms with Gasteiger partial charge in [0, 0.05) is 57.2 Å². The maximum absolute atomic E-state index is 13.2. The molecule has 0 bridgehead atoms. The number of imide groups is 1. The monoisotopic (exact) mass is 804 g/mol. The number of pyridine rings is 1. The summed E-state index contributed by atoms with van der Waals surface area (Å²) >= 11 is 0. The van der Waals surface area contributed by atoms with Crippen LogP contribution in [0.25, 0.3) is 21.9 Å². The van der Waals surface area contributed by atoms with Gasteiger partial charge in [-0.3, -0.25) is 33.8 Å². The van der Waals surface area contributed by atoms with E-state index in [2.05, 4.69) is 25.5 Å². The van der Waals surface area contributed by atoms with Crippen LogP contribution >= 0.6 is 0 Å². The molecule has 5 aromatic rings. The molecule has 2 N–H and O–H groups in total. The molecular weight excluding hydrogens is 761 g/mol. The van der Waals surface area contributed by atoms with E-state index in [1.807, 2.05) is 29.1 Å². The second-order valence-corrected chi connectivity index (χ2v) is 15.0. The first-order valence-corrected chi connectivity index (χ1v) is 19.3. The van der Waals surface area contributed by atoms with Crippen LogP contribution in [-0.2, 0) is 27.5 Å². The van der Waals surface area contributed by atoms with Crippen molar-refractivity contribution in [1.29, 1.82) is 0 Å². The van der Waals surface area contributed by atoms with Crippen LogP contribution in [0.1, 0.15) is 60.7 Å². The number of aryl methyl sites for hydroxylation is 1. The number of aromatic nitrogens is 5. The zero-order valence-corrected chi connectivity index (χ0v) is 32.0. The van der Waals surface area contributed by atoms with Gasteiger partial charge in [-0.1, -0.05) is 12.1 Å². The first-order valence-electron chi connectivity index (χ1n) is 19.3. The number of carbonyl (C=O) groups is 3. The Morgan fingerprint density at radius 1 is 1.02 bits per heavy atom. The van der Waals surface area contributed by atoms with Crippen LogP contribution in [0.2, 0.25) is 0 Å². The third-order valence-electron chi connectivity index (χ3n) is 11.0. The molecule has 3 fully saturated rings. The molecule has 0 radical (unpaired) electrons.